The quantitative estimate of drug-likeness (QED) is 0.691. The van der Waals surface area contributed by atoms with Crippen LogP contribution in [0.4, 0.5) is 0 Å². The normalized spacial score (nSPS) is 9.50. The highest BCUT2D eigenvalue weighted by Crippen LogP contribution is 1.93. The van der Waals surface area contributed by atoms with Crippen molar-refractivity contribution >= 4 is 5.91 Å². The molecule has 1 amide bonds. The van der Waals surface area contributed by atoms with Crippen molar-refractivity contribution in [1.29, 1.82) is 0 Å². The second kappa shape index (κ2) is 3.80. The summed E-state index contributed by atoms with van der Waals surface area (Å²) < 4.78 is 0. The molecule has 1 aromatic rings. The molecule has 0 unspecified atom stereocenters. The molecule has 1 N–H and O–H groups in total. The molecule has 0 aliphatic carbocycles. The Balaban J connectivity index is 2.53. The molecular weight excluding hydrogens is 154 g/mol. The lowest BCUT2D eigenvalue weighted by atomic mass is 10.3. The van der Waals surface area contributed by atoms with E-state index in [2.05, 4.69) is 15.3 Å². The van der Waals surface area contributed by atoms with Gasteiger partial charge in [-0.3, -0.25) is 4.79 Å². The Hall–Kier alpha value is -1.45. The van der Waals surface area contributed by atoms with Crippen molar-refractivity contribution < 1.29 is 4.79 Å². The van der Waals surface area contributed by atoms with Crippen molar-refractivity contribution in [2.24, 2.45) is 0 Å². The molecular formula is C8H11N3O. The third-order valence-electron chi connectivity index (χ3n) is 1.38. The van der Waals surface area contributed by atoms with Gasteiger partial charge in [0.2, 0.25) is 5.91 Å². The van der Waals surface area contributed by atoms with E-state index in [9.17, 15) is 4.79 Å². The van der Waals surface area contributed by atoms with Crippen LogP contribution < -0.4 is 5.32 Å². The SMILES string of the molecule is CC(=O)NCc1cnc(C)nc1. The van der Waals surface area contributed by atoms with Crippen LogP contribution in [0.1, 0.15) is 18.3 Å². The van der Waals surface area contributed by atoms with Crippen LogP contribution in [0.25, 0.3) is 0 Å². The van der Waals surface area contributed by atoms with Crippen molar-refractivity contribution in [1.82, 2.24) is 15.3 Å². The Labute approximate surface area is 71.0 Å². The molecule has 0 atom stereocenters. The fourth-order valence-electron chi connectivity index (χ4n) is 0.737. The lowest BCUT2D eigenvalue weighted by Gasteiger charge is -2.00. The molecule has 0 radical (unpaired) electrons. The van der Waals surface area contributed by atoms with Gasteiger partial charge in [0, 0.05) is 31.4 Å². The van der Waals surface area contributed by atoms with Crippen molar-refractivity contribution in [2.75, 3.05) is 0 Å². The number of hydrogen-bond donors (Lipinski definition) is 1. The van der Waals surface area contributed by atoms with Gasteiger partial charge < -0.3 is 5.32 Å². The van der Waals surface area contributed by atoms with Crippen LogP contribution in [0.2, 0.25) is 0 Å². The lowest BCUT2D eigenvalue weighted by molar-refractivity contribution is -0.119. The summed E-state index contributed by atoms with van der Waals surface area (Å²) in [5.41, 5.74) is 0.913. The molecule has 0 fully saturated rings. The average Bonchev–Trinajstić information content (AvgIpc) is 2.03. The Kier molecular flexibility index (Phi) is 2.74. The van der Waals surface area contributed by atoms with Gasteiger partial charge in [-0.15, -0.1) is 0 Å². The molecule has 12 heavy (non-hydrogen) atoms. The zero-order valence-electron chi connectivity index (χ0n) is 7.16. The first-order chi connectivity index (χ1) is 5.68. The first kappa shape index (κ1) is 8.64. The number of carbonyl (C=O) groups excluding carboxylic acids is 1. The summed E-state index contributed by atoms with van der Waals surface area (Å²) in [6, 6.07) is 0. The molecule has 1 heterocycles. The maximum atomic E-state index is 10.5. The largest absolute Gasteiger partial charge is 0.352 e. The molecule has 0 aliphatic heterocycles. The van der Waals surface area contributed by atoms with Gasteiger partial charge in [0.25, 0.3) is 0 Å². The minimum absolute atomic E-state index is 0.0458. The smallest absolute Gasteiger partial charge is 0.217 e. The van der Waals surface area contributed by atoms with Crippen LogP contribution >= 0.6 is 0 Å². The second-order valence-electron chi connectivity index (χ2n) is 2.55. The minimum Gasteiger partial charge on any atom is -0.352 e. The van der Waals surface area contributed by atoms with Crippen LogP contribution in [0.5, 0.6) is 0 Å². The van der Waals surface area contributed by atoms with Gasteiger partial charge in [-0.2, -0.15) is 0 Å². The molecule has 1 rings (SSSR count). The number of nitrogens with one attached hydrogen (secondary N) is 1. The molecule has 0 aliphatic rings. The fraction of sp³-hybridized carbons (Fsp3) is 0.375. The van der Waals surface area contributed by atoms with E-state index in [1.807, 2.05) is 6.92 Å². The van der Waals surface area contributed by atoms with Gasteiger partial charge in [0.15, 0.2) is 0 Å². The van der Waals surface area contributed by atoms with E-state index >= 15 is 0 Å². The van der Waals surface area contributed by atoms with Gasteiger partial charge >= 0.3 is 0 Å². The predicted octanol–water partition coefficient (Wildman–Crippen LogP) is 0.421. The zero-order chi connectivity index (χ0) is 8.97. The first-order valence-corrected chi connectivity index (χ1v) is 3.70. The van der Waals surface area contributed by atoms with E-state index in [1.54, 1.807) is 12.4 Å². The van der Waals surface area contributed by atoms with E-state index in [0.29, 0.717) is 6.54 Å². The van der Waals surface area contributed by atoms with E-state index in [4.69, 9.17) is 0 Å². The summed E-state index contributed by atoms with van der Waals surface area (Å²) in [4.78, 5) is 18.5. The molecule has 4 heteroatoms. The molecule has 1 aromatic heterocycles. The first-order valence-electron chi connectivity index (χ1n) is 3.70. The Morgan fingerprint density at radius 1 is 1.50 bits per heavy atom. The van der Waals surface area contributed by atoms with Crippen LogP contribution in [0.3, 0.4) is 0 Å². The van der Waals surface area contributed by atoms with Gasteiger partial charge in [-0.1, -0.05) is 0 Å². The summed E-state index contributed by atoms with van der Waals surface area (Å²) in [7, 11) is 0. The number of hydrogen-bond acceptors (Lipinski definition) is 3. The van der Waals surface area contributed by atoms with Crippen LogP contribution in [0.15, 0.2) is 12.4 Å². The maximum Gasteiger partial charge on any atom is 0.217 e. The van der Waals surface area contributed by atoms with Crippen molar-refractivity contribution in [3.63, 3.8) is 0 Å². The number of carbonyl (C=O) groups is 1. The summed E-state index contributed by atoms with van der Waals surface area (Å²) in [6.45, 7) is 3.80. The molecule has 0 spiro atoms. The van der Waals surface area contributed by atoms with Crippen molar-refractivity contribution in [3.8, 4) is 0 Å². The third-order valence-corrected chi connectivity index (χ3v) is 1.38. The van der Waals surface area contributed by atoms with E-state index in [1.165, 1.54) is 6.92 Å². The van der Waals surface area contributed by atoms with Crippen LogP contribution in [-0.4, -0.2) is 15.9 Å². The predicted molar refractivity (Wildman–Crippen MR) is 44.3 cm³/mol. The van der Waals surface area contributed by atoms with Gasteiger partial charge in [-0.05, 0) is 6.92 Å². The molecule has 4 nitrogen and oxygen atoms in total. The highest BCUT2D eigenvalue weighted by molar-refractivity contribution is 5.72. The van der Waals surface area contributed by atoms with E-state index in [-0.39, 0.29) is 5.91 Å². The number of aromatic nitrogens is 2. The van der Waals surface area contributed by atoms with Crippen LogP contribution in [0, 0.1) is 6.92 Å². The van der Waals surface area contributed by atoms with Crippen LogP contribution in [-0.2, 0) is 11.3 Å². The highest BCUT2D eigenvalue weighted by atomic mass is 16.1. The molecule has 0 bridgehead atoms. The monoisotopic (exact) mass is 165 g/mol. The maximum absolute atomic E-state index is 10.5. The molecule has 0 aromatic carbocycles. The highest BCUT2D eigenvalue weighted by Gasteiger charge is 1.94. The van der Waals surface area contributed by atoms with E-state index in [0.717, 1.165) is 11.4 Å². The second-order valence-corrected chi connectivity index (χ2v) is 2.55. The van der Waals surface area contributed by atoms with Gasteiger partial charge in [-0.25, -0.2) is 9.97 Å². The molecule has 0 saturated carbocycles. The summed E-state index contributed by atoms with van der Waals surface area (Å²) >= 11 is 0. The molecule has 64 valence electrons. The number of amides is 1. The summed E-state index contributed by atoms with van der Waals surface area (Å²) in [5, 5.41) is 2.66. The zero-order valence-corrected chi connectivity index (χ0v) is 7.16. The fourth-order valence-corrected chi connectivity index (χ4v) is 0.737. The summed E-state index contributed by atoms with van der Waals surface area (Å²) in [5.74, 6) is 0.692. The minimum atomic E-state index is -0.0458. The Morgan fingerprint density at radius 3 is 2.58 bits per heavy atom. The third kappa shape index (κ3) is 2.65. The van der Waals surface area contributed by atoms with Crippen molar-refractivity contribution in [3.05, 3.63) is 23.8 Å². The Morgan fingerprint density at radius 2 is 2.08 bits per heavy atom. The topological polar surface area (TPSA) is 54.9 Å². The lowest BCUT2D eigenvalue weighted by Crippen LogP contribution is -2.19. The summed E-state index contributed by atoms with van der Waals surface area (Å²) in [6.07, 6.45) is 3.41. The van der Waals surface area contributed by atoms with E-state index < -0.39 is 0 Å². The number of aryl methyl sites for hydroxylation is 1. The Bertz CT molecular complexity index is 268. The number of nitrogens with zero attached hydrogens (tertiary/aromatic N) is 2. The van der Waals surface area contributed by atoms with Gasteiger partial charge in [0.1, 0.15) is 5.82 Å². The average molecular weight is 165 g/mol. The standard InChI is InChI=1S/C8H11N3O/c1-6-9-3-8(4-10-6)5-11-7(2)12/h3-4H,5H2,1-2H3,(H,11,12). The number of rotatable bonds is 2. The van der Waals surface area contributed by atoms with Gasteiger partial charge in [0.05, 0.1) is 0 Å². The molecule has 0 saturated heterocycles. The van der Waals surface area contributed by atoms with Crippen molar-refractivity contribution in [2.45, 2.75) is 20.4 Å².